The molecule has 6 aromatic rings. The first-order valence-electron chi connectivity index (χ1n) is 20.9. The second-order valence-electron chi connectivity index (χ2n) is 16.2. The van der Waals surface area contributed by atoms with Crippen LogP contribution in [0.2, 0.25) is 0 Å². The summed E-state index contributed by atoms with van der Waals surface area (Å²) in [6.07, 6.45) is -0.0524. The highest BCUT2D eigenvalue weighted by atomic mass is 16.5. The molecule has 2 aliphatic rings. The minimum Gasteiger partial charge on any atom is -0.465 e. The van der Waals surface area contributed by atoms with Gasteiger partial charge in [-0.2, -0.15) is 0 Å². The minimum absolute atomic E-state index is 0.249. The number of aromatic amines is 2. The number of aromatic nitrogens is 4. The number of H-pyrrole nitrogens is 2. The largest absolute Gasteiger partial charge is 0.465 e. The van der Waals surface area contributed by atoms with E-state index >= 15 is 0 Å². The number of hydrogen-bond donors (Lipinski definition) is 4. The summed E-state index contributed by atoms with van der Waals surface area (Å²) in [7, 11) is 5.63. The molecule has 0 bridgehead atoms. The summed E-state index contributed by atoms with van der Waals surface area (Å²) < 4.78 is 15.6. The molecule has 6 atom stereocenters. The Morgan fingerprint density at radius 1 is 0.710 bits per heavy atom. The van der Waals surface area contributed by atoms with E-state index in [9.17, 15) is 24.3 Å². The Kier molecular flexibility index (Phi) is 11.9. The first kappa shape index (κ1) is 42.2. The highest BCUT2D eigenvalue weighted by Crippen LogP contribution is 2.36. The minimum atomic E-state index is -1.19. The molecular weight excluding hydrogens is 793 g/mol. The summed E-state index contributed by atoms with van der Waals surface area (Å²) in [5.74, 6) is 0.819. The summed E-state index contributed by atoms with van der Waals surface area (Å²) in [4.78, 5) is 72.7. The van der Waals surface area contributed by atoms with Crippen LogP contribution in [0.15, 0.2) is 72.8 Å². The molecule has 2 aliphatic heterocycles. The van der Waals surface area contributed by atoms with Gasteiger partial charge in [-0.1, -0.05) is 36.4 Å². The van der Waals surface area contributed by atoms with E-state index in [0.29, 0.717) is 31.2 Å². The number of methoxy groups -OCH3 is 3. The first-order valence-corrected chi connectivity index (χ1v) is 20.9. The Hall–Kier alpha value is -6.52. The Morgan fingerprint density at radius 3 is 1.65 bits per heavy atom. The highest BCUT2D eigenvalue weighted by molar-refractivity contribution is 5.93. The number of carboxylic acid groups (broad SMARTS) is 1. The average Bonchev–Trinajstić information content (AvgIpc) is 4.12. The lowest BCUT2D eigenvalue weighted by molar-refractivity contribution is -0.141. The molecule has 2 fully saturated rings. The first-order chi connectivity index (χ1) is 29.9. The van der Waals surface area contributed by atoms with Gasteiger partial charge < -0.3 is 44.4 Å². The molecule has 16 heteroatoms. The van der Waals surface area contributed by atoms with Gasteiger partial charge in [-0.3, -0.25) is 14.5 Å². The number of nitrogens with zero attached hydrogens (tertiary/aromatic N) is 5. The van der Waals surface area contributed by atoms with Crippen molar-refractivity contribution in [3.8, 4) is 22.3 Å². The van der Waals surface area contributed by atoms with Crippen LogP contribution in [-0.2, 0) is 23.8 Å². The molecule has 4 aromatic carbocycles. The number of alkyl carbamates (subject to hydrolysis) is 1. The predicted molar refractivity (Wildman–Crippen MR) is 233 cm³/mol. The zero-order chi connectivity index (χ0) is 43.8. The number of carbonyl (C=O) groups is 4. The number of likely N-dealkylation sites (N-methyl/N-ethyl adjacent to an activating group) is 1. The van der Waals surface area contributed by atoms with Crippen molar-refractivity contribution in [3.05, 3.63) is 84.4 Å². The van der Waals surface area contributed by atoms with E-state index in [4.69, 9.17) is 24.2 Å². The molecule has 2 aromatic heterocycles. The van der Waals surface area contributed by atoms with Crippen molar-refractivity contribution in [2.75, 3.05) is 41.5 Å². The monoisotopic (exact) mass is 844 g/mol. The maximum atomic E-state index is 13.8. The summed E-state index contributed by atoms with van der Waals surface area (Å²) in [5, 5.41) is 14.5. The van der Waals surface area contributed by atoms with Gasteiger partial charge in [-0.15, -0.1) is 0 Å². The van der Waals surface area contributed by atoms with Crippen LogP contribution in [0, 0.1) is 0 Å². The number of imidazole rings is 2. The second kappa shape index (κ2) is 17.5. The number of nitrogens with one attached hydrogen (secondary N) is 3. The predicted octanol–water partition coefficient (Wildman–Crippen LogP) is 7.03. The third kappa shape index (κ3) is 8.02. The molecule has 2 saturated heterocycles. The number of carbonyl (C=O) groups excluding carboxylic acids is 3. The van der Waals surface area contributed by atoms with Gasteiger partial charge in [0.15, 0.2) is 0 Å². The van der Waals surface area contributed by atoms with Crippen LogP contribution < -0.4 is 5.32 Å². The Labute approximate surface area is 358 Å². The molecule has 0 saturated carbocycles. The Balaban J connectivity index is 0.997. The van der Waals surface area contributed by atoms with Crippen LogP contribution in [0.25, 0.3) is 55.1 Å². The molecule has 4 amide bonds. The molecule has 4 N–H and O–H groups in total. The van der Waals surface area contributed by atoms with Crippen LogP contribution in [0.5, 0.6) is 0 Å². The molecule has 16 nitrogen and oxygen atoms in total. The molecule has 0 spiro atoms. The van der Waals surface area contributed by atoms with Crippen LogP contribution in [0.3, 0.4) is 0 Å². The van der Waals surface area contributed by atoms with Gasteiger partial charge in [0.2, 0.25) is 11.8 Å². The van der Waals surface area contributed by atoms with Crippen molar-refractivity contribution in [3.63, 3.8) is 0 Å². The number of ether oxygens (including phenoxy) is 3. The number of likely N-dealkylation sites (tertiary alicyclic amines) is 2. The fourth-order valence-corrected chi connectivity index (χ4v) is 8.95. The topological polar surface area (TPSA) is 195 Å². The molecule has 62 heavy (non-hydrogen) atoms. The second-order valence-corrected chi connectivity index (χ2v) is 16.2. The van der Waals surface area contributed by atoms with E-state index in [2.05, 4.69) is 69.9 Å². The van der Waals surface area contributed by atoms with Crippen molar-refractivity contribution < 1.29 is 38.5 Å². The van der Waals surface area contributed by atoms with Crippen molar-refractivity contribution in [1.82, 2.24) is 40.0 Å². The summed E-state index contributed by atoms with van der Waals surface area (Å²) in [5.41, 5.74) is 7.43. The van der Waals surface area contributed by atoms with Gasteiger partial charge in [0.1, 0.15) is 23.7 Å². The Bertz CT molecular complexity index is 2660. The lowest BCUT2D eigenvalue weighted by Crippen LogP contribution is -2.54. The average molecular weight is 845 g/mol. The van der Waals surface area contributed by atoms with Gasteiger partial charge in [0, 0.05) is 34.4 Å². The fourth-order valence-electron chi connectivity index (χ4n) is 8.95. The van der Waals surface area contributed by atoms with Crippen molar-refractivity contribution in [2.24, 2.45) is 0 Å². The van der Waals surface area contributed by atoms with E-state index in [1.54, 1.807) is 23.6 Å². The van der Waals surface area contributed by atoms with Gasteiger partial charge in [0.25, 0.3) is 0 Å². The maximum Gasteiger partial charge on any atom is 0.407 e. The third-order valence-electron chi connectivity index (χ3n) is 12.6. The molecule has 324 valence electrons. The van der Waals surface area contributed by atoms with Crippen LogP contribution in [-0.4, -0.2) is 130 Å². The molecular formula is C46H52N8O8. The molecule has 0 aliphatic carbocycles. The zero-order valence-corrected chi connectivity index (χ0v) is 35.7. The highest BCUT2D eigenvalue weighted by Gasteiger charge is 2.41. The normalized spacial score (nSPS) is 18.5. The summed E-state index contributed by atoms with van der Waals surface area (Å²) in [6.45, 7) is 4.48. The van der Waals surface area contributed by atoms with Gasteiger partial charge >= 0.3 is 12.2 Å². The quantitative estimate of drug-likeness (QED) is 0.0994. The smallest absolute Gasteiger partial charge is 0.407 e. The van der Waals surface area contributed by atoms with Crippen molar-refractivity contribution in [1.29, 1.82) is 0 Å². The molecule has 8 rings (SSSR count). The Morgan fingerprint density at radius 2 is 1.18 bits per heavy atom. The number of hydrogen-bond acceptors (Lipinski definition) is 9. The number of amides is 4. The summed E-state index contributed by atoms with van der Waals surface area (Å²) in [6, 6.07) is 22.5. The van der Waals surface area contributed by atoms with Crippen LogP contribution >= 0.6 is 0 Å². The van der Waals surface area contributed by atoms with Crippen molar-refractivity contribution in [2.45, 2.75) is 75.9 Å². The van der Waals surface area contributed by atoms with Crippen LogP contribution in [0.1, 0.15) is 63.3 Å². The van der Waals surface area contributed by atoms with Crippen molar-refractivity contribution >= 4 is 56.8 Å². The summed E-state index contributed by atoms with van der Waals surface area (Å²) >= 11 is 0. The number of fused-ring (bicyclic) bond motifs is 3. The van der Waals surface area contributed by atoms with E-state index in [0.717, 1.165) is 79.3 Å². The molecule has 1 unspecified atom stereocenters. The lowest BCUT2D eigenvalue weighted by atomic mass is 9.97. The SMILES string of the molecule is COC(=O)N[C@H](C(=O)N1CCC[C@H]1c1nc2ccc(-c3ccc4cc(-c5ccc6nc([C@@H]7CCCN7C(=O)[C@H]([C@@H](C)OC)N(C)C(=O)O)[nH]c6c5)ccc4c3)cc2[nH]1)C(C)OC. The van der Waals surface area contributed by atoms with E-state index in [1.165, 1.54) is 28.4 Å². The van der Waals surface area contributed by atoms with Gasteiger partial charge in [-0.25, -0.2) is 19.6 Å². The van der Waals surface area contributed by atoms with E-state index in [1.807, 2.05) is 18.2 Å². The van der Waals surface area contributed by atoms with Gasteiger partial charge in [0.05, 0.1) is 53.5 Å². The fraction of sp³-hybridized carbons (Fsp3) is 0.391. The maximum absolute atomic E-state index is 13.8. The van der Waals surface area contributed by atoms with E-state index in [-0.39, 0.29) is 23.9 Å². The third-order valence-corrected chi connectivity index (χ3v) is 12.6. The van der Waals surface area contributed by atoms with Crippen LogP contribution in [0.4, 0.5) is 9.59 Å². The zero-order valence-electron chi connectivity index (χ0n) is 35.7. The molecule has 4 heterocycles. The van der Waals surface area contributed by atoms with Gasteiger partial charge in [-0.05, 0) is 109 Å². The number of benzene rings is 4. The van der Waals surface area contributed by atoms with E-state index < -0.39 is 36.5 Å². The molecule has 0 radical (unpaired) electrons. The number of rotatable bonds is 12. The standard InChI is InChI=1S/C46H52N8O8/c1-25(60-4)39(51-45(57)62-6)43(55)53-19-7-9-37(53)41-47-33-17-15-31(23-35(33)49-41)29-13-11-28-22-30(14-12-27(28)21-29)32-16-18-34-36(24-32)50-42(48-34)38-10-8-20-54(38)44(56)40(26(2)61-5)52(3)46(58)59/h11-18,21-26,37-40H,7-10,19-20H2,1-6H3,(H,47,49)(H,48,50)(H,51,57)(H,58,59)/t25?,26-,37+,38+,39+,40+/m1/s1. The lowest BCUT2D eigenvalue weighted by Gasteiger charge is -2.34.